The molecule has 0 aromatic carbocycles. The van der Waals surface area contributed by atoms with Crippen LogP contribution in [0.25, 0.3) is 0 Å². The predicted molar refractivity (Wildman–Crippen MR) is 185 cm³/mol. The van der Waals surface area contributed by atoms with Gasteiger partial charge in [-0.15, -0.1) is 11.8 Å². The van der Waals surface area contributed by atoms with Crippen molar-refractivity contribution in [3.63, 3.8) is 0 Å². The number of rotatable bonds is 11. The number of hydrogen-bond donors (Lipinski definition) is 2. The number of unbranched alkanes of at least 4 members (excludes halogenated alkanes) is 1. The van der Waals surface area contributed by atoms with E-state index in [2.05, 4.69) is 58.7 Å². The SMILES string of the molecule is CC#CCCCNCCO[C@H]1[C@H](OC(C)=O)C[C@@]23COC[C@@]1(C)[C@@H]2CC[C@H]1C3=CC(=O)[C@@]2(C)[C@H](C(=O)O)[C@@](C)([C@H](C)C(C)C)CC[C@]12C. The van der Waals surface area contributed by atoms with Crippen LogP contribution in [-0.2, 0) is 28.6 Å². The Kier molecular flexibility index (Phi) is 10.4. The van der Waals surface area contributed by atoms with Gasteiger partial charge in [-0.3, -0.25) is 14.4 Å². The van der Waals surface area contributed by atoms with Crippen molar-refractivity contribution in [2.24, 2.45) is 56.7 Å². The van der Waals surface area contributed by atoms with Crippen LogP contribution in [0.4, 0.5) is 0 Å². The molecule has 0 spiro atoms. The minimum Gasteiger partial charge on any atom is -0.481 e. The fraction of sp³-hybridized carbons (Fsp3) is 0.825. The van der Waals surface area contributed by atoms with Crippen LogP contribution >= 0.6 is 0 Å². The maximum Gasteiger partial charge on any atom is 0.308 e. The maximum absolute atomic E-state index is 14.8. The Morgan fingerprint density at radius 1 is 1.10 bits per heavy atom. The molecule has 1 saturated heterocycles. The largest absolute Gasteiger partial charge is 0.481 e. The third kappa shape index (κ3) is 5.59. The van der Waals surface area contributed by atoms with Crippen LogP contribution in [0.3, 0.4) is 0 Å². The molecule has 1 aliphatic heterocycles. The van der Waals surface area contributed by atoms with Crippen LogP contribution in [0.2, 0.25) is 0 Å². The molecule has 0 radical (unpaired) electrons. The van der Waals surface area contributed by atoms with Gasteiger partial charge in [0.1, 0.15) is 12.2 Å². The lowest BCUT2D eigenvalue weighted by Gasteiger charge is -2.70. The highest BCUT2D eigenvalue weighted by Gasteiger charge is 2.74. The van der Waals surface area contributed by atoms with E-state index >= 15 is 0 Å². The Balaban J connectivity index is 1.50. The monoisotopic (exact) mass is 667 g/mol. The first kappa shape index (κ1) is 37.1. The molecule has 1 heterocycles. The topological polar surface area (TPSA) is 111 Å². The molecule has 3 saturated carbocycles. The molecule has 0 aromatic rings. The molecule has 0 unspecified atom stereocenters. The fourth-order valence-electron chi connectivity index (χ4n) is 11.8. The van der Waals surface area contributed by atoms with Crippen molar-refractivity contribution in [3.05, 3.63) is 11.6 Å². The second-order valence-electron chi connectivity index (χ2n) is 17.2. The number of allylic oxidation sites excluding steroid dienone is 1. The van der Waals surface area contributed by atoms with Gasteiger partial charge in [-0.1, -0.05) is 54.0 Å². The number of ether oxygens (including phenoxy) is 3. The second kappa shape index (κ2) is 13.5. The number of carbonyl (C=O) groups is 3. The van der Waals surface area contributed by atoms with Crippen molar-refractivity contribution in [3.8, 4) is 11.8 Å². The molecule has 268 valence electrons. The van der Waals surface area contributed by atoms with E-state index in [4.69, 9.17) is 14.2 Å². The molecule has 8 heteroatoms. The summed E-state index contributed by atoms with van der Waals surface area (Å²) in [7, 11) is 0. The third-order valence-corrected chi connectivity index (χ3v) is 14.7. The Bertz CT molecular complexity index is 1360. The van der Waals surface area contributed by atoms with E-state index in [1.54, 1.807) is 0 Å². The van der Waals surface area contributed by atoms with Gasteiger partial charge in [-0.25, -0.2) is 0 Å². The standard InChI is InChI=1S/C40H61NO7/c1-10-11-12-13-18-41-19-20-47-34-30(48-27(5)42)22-40-24-46-23-37(34,7)31(40)15-14-28-29(40)21-32(43)39(9)33(35(44)45)36(6,26(4)25(2)3)16-17-38(28,39)8/h21,25-26,28,30-31,33-34,41H,12-20,22-24H2,1-9H3,(H,44,45)/t26-,28+,30-,31+,33-,34+,36-,37+,38-,39+,40+/m1/s1. The van der Waals surface area contributed by atoms with Crippen molar-refractivity contribution in [1.29, 1.82) is 0 Å². The maximum atomic E-state index is 14.8. The summed E-state index contributed by atoms with van der Waals surface area (Å²) in [6.45, 7) is 21.3. The van der Waals surface area contributed by atoms with Crippen LogP contribution in [-0.4, -0.2) is 67.9 Å². The summed E-state index contributed by atoms with van der Waals surface area (Å²) in [6, 6.07) is 0. The number of esters is 1. The molecular weight excluding hydrogens is 606 g/mol. The summed E-state index contributed by atoms with van der Waals surface area (Å²) in [5.74, 6) is 4.65. The van der Waals surface area contributed by atoms with Crippen molar-refractivity contribution in [1.82, 2.24) is 5.32 Å². The second-order valence-corrected chi connectivity index (χ2v) is 17.2. The first-order valence-corrected chi connectivity index (χ1v) is 18.5. The summed E-state index contributed by atoms with van der Waals surface area (Å²) in [5, 5.41) is 14.4. The fourth-order valence-corrected chi connectivity index (χ4v) is 11.8. The van der Waals surface area contributed by atoms with E-state index in [0.717, 1.165) is 50.6 Å². The molecule has 2 bridgehead atoms. The van der Waals surface area contributed by atoms with E-state index < -0.39 is 45.1 Å². The highest BCUT2D eigenvalue weighted by molar-refractivity contribution is 6.00. The number of aliphatic carboxylic acids is 1. The summed E-state index contributed by atoms with van der Waals surface area (Å²) in [5.41, 5.74) is -1.89. The van der Waals surface area contributed by atoms with Crippen LogP contribution in [0.15, 0.2) is 11.6 Å². The van der Waals surface area contributed by atoms with Crippen LogP contribution < -0.4 is 5.32 Å². The smallest absolute Gasteiger partial charge is 0.308 e. The Hall–Kier alpha value is -2.21. The van der Waals surface area contributed by atoms with Crippen molar-refractivity contribution >= 4 is 17.7 Å². The molecule has 5 rings (SSSR count). The molecule has 4 aliphatic carbocycles. The average molecular weight is 668 g/mol. The molecule has 48 heavy (non-hydrogen) atoms. The number of hydrogen-bond acceptors (Lipinski definition) is 7. The van der Waals surface area contributed by atoms with E-state index in [0.29, 0.717) is 38.7 Å². The number of nitrogens with one attached hydrogen (secondary N) is 1. The van der Waals surface area contributed by atoms with Crippen molar-refractivity contribution < 1.29 is 33.7 Å². The molecule has 0 amide bonds. The number of ketones is 1. The quantitative estimate of drug-likeness (QED) is 0.147. The highest BCUT2D eigenvalue weighted by atomic mass is 16.6. The number of carboxylic acid groups (broad SMARTS) is 1. The summed E-state index contributed by atoms with van der Waals surface area (Å²) >= 11 is 0. The third-order valence-electron chi connectivity index (χ3n) is 14.7. The van der Waals surface area contributed by atoms with E-state index in [-0.39, 0.29) is 35.6 Å². The Labute approximate surface area is 288 Å². The molecule has 8 nitrogen and oxygen atoms in total. The van der Waals surface area contributed by atoms with Gasteiger partial charge < -0.3 is 24.6 Å². The highest BCUT2D eigenvalue weighted by Crippen LogP contribution is 2.74. The Morgan fingerprint density at radius 3 is 2.48 bits per heavy atom. The lowest BCUT2D eigenvalue weighted by atomic mass is 9.34. The zero-order chi connectivity index (χ0) is 35.3. The zero-order valence-electron chi connectivity index (χ0n) is 31.0. The van der Waals surface area contributed by atoms with Gasteiger partial charge in [0.25, 0.3) is 0 Å². The predicted octanol–water partition coefficient (Wildman–Crippen LogP) is 6.46. The van der Waals surface area contributed by atoms with Crippen molar-refractivity contribution in [2.45, 2.75) is 119 Å². The molecule has 11 atom stereocenters. The lowest BCUT2D eigenvalue weighted by molar-refractivity contribution is -0.265. The van der Waals surface area contributed by atoms with Crippen molar-refractivity contribution in [2.75, 3.05) is 32.9 Å². The van der Waals surface area contributed by atoms with Gasteiger partial charge in [-0.05, 0) is 92.6 Å². The van der Waals surface area contributed by atoms with Gasteiger partial charge in [0.2, 0.25) is 0 Å². The van der Waals surface area contributed by atoms with Gasteiger partial charge in [0.15, 0.2) is 5.78 Å². The first-order chi connectivity index (χ1) is 22.5. The molecular formula is C40H61NO7. The van der Waals surface area contributed by atoms with E-state index in [1.165, 1.54) is 6.92 Å². The minimum absolute atomic E-state index is 0.0419. The number of carbonyl (C=O) groups excluding carboxylic acids is 2. The Morgan fingerprint density at radius 2 is 1.83 bits per heavy atom. The normalized spacial score (nSPS) is 42.3. The minimum atomic E-state index is -1.04. The summed E-state index contributed by atoms with van der Waals surface area (Å²) in [6.07, 6.45) is 6.81. The van der Waals surface area contributed by atoms with Crippen LogP contribution in [0.5, 0.6) is 0 Å². The van der Waals surface area contributed by atoms with E-state index in [9.17, 15) is 19.5 Å². The zero-order valence-corrected chi connectivity index (χ0v) is 31.0. The van der Waals surface area contributed by atoms with E-state index in [1.807, 2.05) is 19.9 Å². The average Bonchev–Trinajstić information content (AvgIpc) is 3.00. The summed E-state index contributed by atoms with van der Waals surface area (Å²) < 4.78 is 19.3. The first-order valence-electron chi connectivity index (χ1n) is 18.5. The molecule has 5 aliphatic rings. The molecule has 0 aromatic heterocycles. The molecule has 2 N–H and O–H groups in total. The van der Waals surface area contributed by atoms with Gasteiger partial charge in [0.05, 0.1) is 25.7 Å². The van der Waals surface area contributed by atoms with Crippen LogP contribution in [0, 0.1) is 68.5 Å². The van der Waals surface area contributed by atoms with Crippen LogP contribution in [0.1, 0.15) is 107 Å². The van der Waals surface area contributed by atoms with Gasteiger partial charge in [-0.2, -0.15) is 0 Å². The lowest BCUT2D eigenvalue weighted by Crippen LogP contribution is -2.71. The molecule has 4 fully saturated rings. The number of fused-ring (bicyclic) bond motifs is 3. The van der Waals surface area contributed by atoms with Gasteiger partial charge >= 0.3 is 11.9 Å². The number of carboxylic acids is 1. The summed E-state index contributed by atoms with van der Waals surface area (Å²) in [4.78, 5) is 40.7. The van der Waals surface area contributed by atoms with Gasteiger partial charge in [0, 0.05) is 36.1 Å².